The lowest BCUT2D eigenvalue weighted by atomic mass is 9.75. The van der Waals surface area contributed by atoms with Crippen LogP contribution >= 0.6 is 0 Å². The zero-order valence-electron chi connectivity index (χ0n) is 16.1. The molecule has 1 heterocycles. The van der Waals surface area contributed by atoms with Crippen molar-refractivity contribution in [2.75, 3.05) is 12.4 Å². The second-order valence-corrected chi connectivity index (χ2v) is 7.35. The predicted octanol–water partition coefficient (Wildman–Crippen LogP) is 3.17. The number of carbonyl (C=O) groups is 3. The van der Waals surface area contributed by atoms with Crippen molar-refractivity contribution in [1.82, 2.24) is 5.32 Å². The van der Waals surface area contributed by atoms with Crippen LogP contribution in [0.15, 0.2) is 65.9 Å². The molecule has 29 heavy (non-hydrogen) atoms. The summed E-state index contributed by atoms with van der Waals surface area (Å²) in [5.41, 5.74) is 2.68. The number of rotatable bonds is 4. The topological polar surface area (TPSA) is 84.5 Å². The van der Waals surface area contributed by atoms with Crippen LogP contribution in [0.5, 0.6) is 5.75 Å². The van der Waals surface area contributed by atoms with E-state index < -0.39 is 5.92 Å². The third kappa shape index (κ3) is 3.92. The van der Waals surface area contributed by atoms with E-state index in [9.17, 15) is 14.4 Å². The lowest BCUT2D eigenvalue weighted by Gasteiger charge is -2.33. The van der Waals surface area contributed by atoms with E-state index in [1.54, 1.807) is 19.2 Å². The summed E-state index contributed by atoms with van der Waals surface area (Å²) < 4.78 is 5.19. The van der Waals surface area contributed by atoms with Crippen LogP contribution in [-0.4, -0.2) is 24.7 Å². The summed E-state index contributed by atoms with van der Waals surface area (Å²) in [6.07, 6.45) is 0.820. The zero-order chi connectivity index (χ0) is 20.4. The van der Waals surface area contributed by atoms with Gasteiger partial charge in [-0.1, -0.05) is 30.3 Å². The normalized spacial score (nSPS) is 21.3. The van der Waals surface area contributed by atoms with Crippen molar-refractivity contribution in [1.29, 1.82) is 0 Å². The number of anilines is 1. The first-order chi connectivity index (χ1) is 14.0. The highest BCUT2D eigenvalue weighted by atomic mass is 16.5. The van der Waals surface area contributed by atoms with Gasteiger partial charge in [-0.3, -0.25) is 14.4 Å². The van der Waals surface area contributed by atoms with Gasteiger partial charge in [-0.25, -0.2) is 0 Å². The zero-order valence-corrected chi connectivity index (χ0v) is 16.1. The van der Waals surface area contributed by atoms with Crippen LogP contribution in [-0.2, 0) is 14.4 Å². The van der Waals surface area contributed by atoms with Crippen molar-refractivity contribution in [3.05, 3.63) is 71.4 Å². The van der Waals surface area contributed by atoms with Gasteiger partial charge in [-0.05, 0) is 42.2 Å². The number of hydrogen-bond donors (Lipinski definition) is 2. The van der Waals surface area contributed by atoms with E-state index in [1.807, 2.05) is 42.5 Å². The second kappa shape index (κ2) is 7.91. The van der Waals surface area contributed by atoms with Gasteiger partial charge in [0, 0.05) is 29.8 Å². The fourth-order valence-electron chi connectivity index (χ4n) is 4.05. The van der Waals surface area contributed by atoms with Crippen molar-refractivity contribution in [2.45, 2.75) is 25.2 Å². The SMILES string of the molecule is COc1ccc(C2CC(=O)C3=C(C2)NC(=O)CC3C(=O)Nc2ccccc2)cc1. The van der Waals surface area contributed by atoms with Crippen molar-refractivity contribution >= 4 is 23.3 Å². The Balaban J connectivity index is 1.59. The number of ketones is 1. The van der Waals surface area contributed by atoms with Crippen LogP contribution in [0.2, 0.25) is 0 Å². The Labute approximate surface area is 168 Å². The first-order valence-electron chi connectivity index (χ1n) is 9.61. The summed E-state index contributed by atoms with van der Waals surface area (Å²) in [6, 6.07) is 16.6. The maximum atomic E-state index is 13.0. The molecule has 148 valence electrons. The number of benzene rings is 2. The monoisotopic (exact) mass is 390 g/mol. The molecule has 4 rings (SSSR count). The average molecular weight is 390 g/mol. The number of allylic oxidation sites excluding steroid dienone is 1. The van der Waals surface area contributed by atoms with E-state index >= 15 is 0 Å². The van der Waals surface area contributed by atoms with Gasteiger partial charge in [0.15, 0.2) is 5.78 Å². The van der Waals surface area contributed by atoms with E-state index in [2.05, 4.69) is 10.6 Å². The fraction of sp³-hybridized carbons (Fsp3) is 0.261. The van der Waals surface area contributed by atoms with Crippen LogP contribution < -0.4 is 15.4 Å². The molecule has 0 spiro atoms. The van der Waals surface area contributed by atoms with E-state index in [0.717, 1.165) is 11.3 Å². The molecule has 6 heteroatoms. The number of methoxy groups -OCH3 is 1. The van der Waals surface area contributed by atoms with Crippen LogP contribution in [0, 0.1) is 5.92 Å². The summed E-state index contributed by atoms with van der Waals surface area (Å²) in [7, 11) is 1.61. The third-order valence-corrected chi connectivity index (χ3v) is 5.48. The van der Waals surface area contributed by atoms with Gasteiger partial charge in [0.1, 0.15) is 5.75 Å². The molecule has 2 N–H and O–H groups in total. The number of hydrogen-bond acceptors (Lipinski definition) is 4. The van der Waals surface area contributed by atoms with Crippen LogP contribution in [0.3, 0.4) is 0 Å². The summed E-state index contributed by atoms with van der Waals surface area (Å²) >= 11 is 0. The van der Waals surface area contributed by atoms with Gasteiger partial charge in [-0.2, -0.15) is 0 Å². The lowest BCUT2D eigenvalue weighted by Crippen LogP contribution is -2.43. The first-order valence-corrected chi connectivity index (χ1v) is 9.61. The number of nitrogens with one attached hydrogen (secondary N) is 2. The largest absolute Gasteiger partial charge is 0.497 e. The van der Waals surface area contributed by atoms with Gasteiger partial charge in [0.05, 0.1) is 13.0 Å². The molecule has 0 bridgehead atoms. The Bertz CT molecular complexity index is 980. The highest BCUT2D eigenvalue weighted by Crippen LogP contribution is 2.39. The minimum absolute atomic E-state index is 0.0174. The van der Waals surface area contributed by atoms with Gasteiger partial charge < -0.3 is 15.4 Å². The molecule has 2 unspecified atom stereocenters. The summed E-state index contributed by atoms with van der Waals surface area (Å²) in [4.78, 5) is 38.1. The van der Waals surface area contributed by atoms with Crippen LogP contribution in [0.4, 0.5) is 5.69 Å². The molecule has 6 nitrogen and oxygen atoms in total. The average Bonchev–Trinajstić information content (AvgIpc) is 2.73. The maximum Gasteiger partial charge on any atom is 0.232 e. The van der Waals surface area contributed by atoms with Crippen molar-refractivity contribution < 1.29 is 19.1 Å². The van der Waals surface area contributed by atoms with Crippen LogP contribution in [0.25, 0.3) is 0 Å². The van der Waals surface area contributed by atoms with Crippen LogP contribution in [0.1, 0.15) is 30.7 Å². The summed E-state index contributed by atoms with van der Waals surface area (Å²) in [5, 5.41) is 5.66. The summed E-state index contributed by atoms with van der Waals surface area (Å²) in [6.45, 7) is 0. The van der Waals surface area contributed by atoms with Crippen molar-refractivity contribution in [3.63, 3.8) is 0 Å². The van der Waals surface area contributed by atoms with E-state index in [0.29, 0.717) is 29.8 Å². The molecular formula is C23H22N2O4. The summed E-state index contributed by atoms with van der Waals surface area (Å²) in [5.74, 6) is -0.693. The van der Waals surface area contributed by atoms with E-state index in [4.69, 9.17) is 4.74 Å². The number of Topliss-reactive ketones (excluding diaryl/α,β-unsaturated/α-hetero) is 1. The molecule has 2 aliphatic rings. The fourth-order valence-corrected chi connectivity index (χ4v) is 4.05. The molecule has 2 aromatic carbocycles. The van der Waals surface area contributed by atoms with Gasteiger partial charge in [0.25, 0.3) is 0 Å². The minimum atomic E-state index is -0.761. The number of amides is 2. The van der Waals surface area contributed by atoms with Crippen molar-refractivity contribution in [3.8, 4) is 5.75 Å². The maximum absolute atomic E-state index is 13.0. The first kappa shape index (κ1) is 18.9. The van der Waals surface area contributed by atoms with Gasteiger partial charge in [0.2, 0.25) is 11.8 Å². The molecule has 2 atom stereocenters. The van der Waals surface area contributed by atoms with E-state index in [1.165, 1.54) is 0 Å². The highest BCUT2D eigenvalue weighted by molar-refractivity contribution is 6.09. The Morgan fingerprint density at radius 3 is 2.41 bits per heavy atom. The standard InChI is InChI=1S/C23H22N2O4/c1-29-17-9-7-14(8-10-17)15-11-19-22(20(26)12-15)18(13-21(27)25-19)23(28)24-16-5-3-2-4-6-16/h2-10,15,18H,11-13H2,1H3,(H,24,28)(H,25,27). The predicted molar refractivity (Wildman–Crippen MR) is 108 cm³/mol. The second-order valence-electron chi connectivity index (χ2n) is 7.35. The third-order valence-electron chi connectivity index (χ3n) is 5.48. The molecule has 0 saturated heterocycles. The molecule has 2 amide bonds. The Hall–Kier alpha value is -3.41. The number of ether oxygens (including phenoxy) is 1. The van der Waals surface area contributed by atoms with Gasteiger partial charge >= 0.3 is 0 Å². The molecule has 1 aliphatic carbocycles. The van der Waals surface area contributed by atoms with E-state index in [-0.39, 0.29) is 29.9 Å². The Kier molecular flexibility index (Phi) is 5.16. The molecule has 2 aromatic rings. The number of carbonyl (C=O) groups excluding carboxylic acids is 3. The molecule has 0 aromatic heterocycles. The smallest absolute Gasteiger partial charge is 0.232 e. The molecule has 0 saturated carbocycles. The molecule has 0 fully saturated rings. The quantitative estimate of drug-likeness (QED) is 0.840. The Morgan fingerprint density at radius 1 is 1.00 bits per heavy atom. The minimum Gasteiger partial charge on any atom is -0.497 e. The van der Waals surface area contributed by atoms with Crippen molar-refractivity contribution in [2.24, 2.45) is 5.92 Å². The number of para-hydroxylation sites is 1. The highest BCUT2D eigenvalue weighted by Gasteiger charge is 2.40. The molecular weight excluding hydrogens is 368 g/mol. The molecule has 0 radical (unpaired) electrons. The Morgan fingerprint density at radius 2 is 1.72 bits per heavy atom. The lowest BCUT2D eigenvalue weighted by molar-refractivity contribution is -0.129. The molecule has 1 aliphatic heterocycles. The van der Waals surface area contributed by atoms with Gasteiger partial charge in [-0.15, -0.1) is 0 Å².